The normalized spacial score (nSPS) is 18.8. The molecule has 2 heterocycles. The number of anilines is 1. The lowest BCUT2D eigenvalue weighted by atomic mass is 9.73. The fourth-order valence-corrected chi connectivity index (χ4v) is 4.79. The van der Waals surface area contributed by atoms with E-state index in [-0.39, 0.29) is 24.3 Å². The molecule has 2 aliphatic heterocycles. The summed E-state index contributed by atoms with van der Waals surface area (Å²) in [5.74, 6) is 0.219. The first-order valence-corrected chi connectivity index (χ1v) is 11.7. The maximum atomic E-state index is 13.3. The fraction of sp³-hybridized carbons (Fsp3) is 0.440. The third-order valence-corrected chi connectivity index (χ3v) is 6.77. The molecule has 1 atom stereocenters. The third kappa shape index (κ3) is 4.92. The van der Waals surface area contributed by atoms with Gasteiger partial charge in [0.05, 0.1) is 36.4 Å². The van der Waals surface area contributed by atoms with Gasteiger partial charge in [0, 0.05) is 19.2 Å². The Balaban J connectivity index is 1.45. The lowest BCUT2D eigenvalue weighted by Gasteiger charge is -2.41. The number of methoxy groups -OCH3 is 1. The van der Waals surface area contributed by atoms with Gasteiger partial charge in [-0.15, -0.1) is 0 Å². The largest absolute Gasteiger partial charge is 0.495 e. The number of likely N-dealkylation sites (tertiary alicyclic amines) is 1. The highest BCUT2D eigenvalue weighted by atomic mass is 35.5. The maximum absolute atomic E-state index is 13.3. The summed E-state index contributed by atoms with van der Waals surface area (Å²) in [5, 5.41) is 3.65. The number of carbonyl (C=O) groups excluding carboxylic acids is 2. The highest BCUT2D eigenvalue weighted by Crippen LogP contribution is 2.40. The molecule has 0 bridgehead atoms. The molecule has 1 fully saturated rings. The number of nitrogens with one attached hydrogen (secondary N) is 1. The quantitative estimate of drug-likeness (QED) is 0.615. The summed E-state index contributed by atoms with van der Waals surface area (Å²) in [6.45, 7) is 3.16. The molecule has 2 aromatic carbocycles. The van der Waals surface area contributed by atoms with Crippen LogP contribution in [-0.2, 0) is 20.7 Å². The van der Waals surface area contributed by atoms with Crippen LogP contribution in [0.3, 0.4) is 0 Å². The summed E-state index contributed by atoms with van der Waals surface area (Å²) in [6, 6.07) is 9.52. The first-order chi connectivity index (χ1) is 16.3. The number of ether oxygens (including phenoxy) is 3. The monoisotopic (exact) mass is 490 g/mol. The molecule has 1 amide bonds. The number of piperidine rings is 1. The summed E-state index contributed by atoms with van der Waals surface area (Å²) in [6.07, 6.45) is 0.638. The Bertz CT molecular complexity index is 1050. The molecule has 34 heavy (non-hydrogen) atoms. The van der Waals surface area contributed by atoms with Crippen LogP contribution in [0.4, 0.5) is 10.1 Å². The van der Waals surface area contributed by atoms with Gasteiger partial charge in [0.15, 0.2) is 6.10 Å². The molecule has 1 saturated heterocycles. The Hall–Kier alpha value is -3.00. The first kappa shape index (κ1) is 24.1. The average molecular weight is 491 g/mol. The van der Waals surface area contributed by atoms with E-state index in [4.69, 9.17) is 25.8 Å². The molecule has 0 aliphatic carbocycles. The number of nitrogens with zero attached hydrogens (tertiary/aromatic N) is 1. The number of benzene rings is 2. The predicted octanol–water partition coefficient (Wildman–Crippen LogP) is 4.08. The van der Waals surface area contributed by atoms with Crippen molar-refractivity contribution in [3.8, 4) is 11.5 Å². The Morgan fingerprint density at radius 1 is 1.24 bits per heavy atom. The van der Waals surface area contributed by atoms with Gasteiger partial charge in [0.1, 0.15) is 17.3 Å². The van der Waals surface area contributed by atoms with E-state index in [1.54, 1.807) is 36.1 Å². The predicted molar refractivity (Wildman–Crippen MR) is 126 cm³/mol. The zero-order valence-corrected chi connectivity index (χ0v) is 20.0. The Morgan fingerprint density at radius 2 is 1.94 bits per heavy atom. The van der Waals surface area contributed by atoms with Gasteiger partial charge in [0.2, 0.25) is 0 Å². The molecule has 0 spiro atoms. The van der Waals surface area contributed by atoms with E-state index in [0.29, 0.717) is 61.1 Å². The van der Waals surface area contributed by atoms with E-state index in [1.807, 2.05) is 0 Å². The zero-order chi connectivity index (χ0) is 24.3. The fourth-order valence-electron chi connectivity index (χ4n) is 4.55. The van der Waals surface area contributed by atoms with Gasteiger partial charge < -0.3 is 24.4 Å². The van der Waals surface area contributed by atoms with Crippen LogP contribution >= 0.6 is 11.6 Å². The van der Waals surface area contributed by atoms with E-state index >= 15 is 0 Å². The Kier molecular flexibility index (Phi) is 7.16. The highest BCUT2D eigenvalue weighted by Gasteiger charge is 2.44. The minimum absolute atomic E-state index is 0.147. The molecule has 0 radical (unpaired) electrons. The Morgan fingerprint density at radius 3 is 2.59 bits per heavy atom. The minimum Gasteiger partial charge on any atom is -0.495 e. The summed E-state index contributed by atoms with van der Waals surface area (Å²) in [5.41, 5.74) is 0.805. The van der Waals surface area contributed by atoms with Crippen molar-refractivity contribution in [1.82, 2.24) is 4.90 Å². The molecular weight excluding hydrogens is 463 g/mol. The van der Waals surface area contributed by atoms with Crippen molar-refractivity contribution in [1.29, 1.82) is 0 Å². The second-order valence-corrected chi connectivity index (χ2v) is 9.01. The second-order valence-electron chi connectivity index (χ2n) is 8.60. The summed E-state index contributed by atoms with van der Waals surface area (Å²) in [4.78, 5) is 27.9. The van der Waals surface area contributed by atoms with Gasteiger partial charge in [-0.25, -0.2) is 4.39 Å². The van der Waals surface area contributed by atoms with Crippen LogP contribution in [0.1, 0.15) is 25.3 Å². The lowest BCUT2D eigenvalue weighted by molar-refractivity contribution is -0.161. The molecule has 4 rings (SSSR count). The molecule has 0 saturated carbocycles. The van der Waals surface area contributed by atoms with Crippen LogP contribution in [0.15, 0.2) is 36.4 Å². The van der Waals surface area contributed by atoms with Gasteiger partial charge in [-0.1, -0.05) is 23.7 Å². The molecule has 1 N–H and O–H groups in total. The number of fused-ring (bicyclic) bond motifs is 1. The Labute approximate surface area is 203 Å². The topological polar surface area (TPSA) is 77.1 Å². The summed E-state index contributed by atoms with van der Waals surface area (Å²) in [7, 11) is 1.52. The van der Waals surface area contributed by atoms with Gasteiger partial charge in [-0.05, 0) is 49.9 Å². The van der Waals surface area contributed by atoms with E-state index in [1.165, 1.54) is 19.2 Å². The number of carbonyl (C=O) groups is 2. The molecule has 7 nitrogen and oxygen atoms in total. The minimum atomic E-state index is -0.757. The van der Waals surface area contributed by atoms with Crippen molar-refractivity contribution in [3.05, 3.63) is 52.8 Å². The van der Waals surface area contributed by atoms with E-state index in [9.17, 15) is 14.0 Å². The second kappa shape index (κ2) is 10.1. The van der Waals surface area contributed by atoms with Crippen molar-refractivity contribution in [2.45, 2.75) is 32.3 Å². The molecular formula is C25H28ClFN2O5. The first-order valence-electron chi connectivity index (χ1n) is 11.3. The standard InChI is InChI=1S/C25H28ClFN2O5/c1-3-33-24(31)25(14-16-4-6-17(27)7-5-16)8-10-29(11-9-25)23(30)22-15-28-19-12-18(26)20(32-2)13-21(19)34-22/h4-7,12-13,22,28H,3,8-11,14-15H2,1-2H3. The lowest BCUT2D eigenvalue weighted by Crippen LogP contribution is -2.53. The smallest absolute Gasteiger partial charge is 0.312 e. The van der Waals surface area contributed by atoms with Crippen LogP contribution in [0.25, 0.3) is 0 Å². The molecule has 9 heteroatoms. The van der Waals surface area contributed by atoms with Crippen molar-refractivity contribution in [3.63, 3.8) is 0 Å². The highest BCUT2D eigenvalue weighted by molar-refractivity contribution is 6.32. The van der Waals surface area contributed by atoms with E-state index in [0.717, 1.165) is 5.56 Å². The molecule has 0 aromatic heterocycles. The van der Waals surface area contributed by atoms with Crippen molar-refractivity contribution in [2.75, 3.05) is 38.7 Å². The van der Waals surface area contributed by atoms with Crippen molar-refractivity contribution < 1.29 is 28.2 Å². The van der Waals surface area contributed by atoms with Crippen molar-refractivity contribution in [2.24, 2.45) is 5.41 Å². The maximum Gasteiger partial charge on any atom is 0.312 e. The number of esters is 1. The number of halogens is 2. The van der Waals surface area contributed by atoms with Crippen LogP contribution in [0.5, 0.6) is 11.5 Å². The van der Waals surface area contributed by atoms with Crippen LogP contribution in [0.2, 0.25) is 5.02 Å². The number of rotatable bonds is 6. The number of hydrogen-bond acceptors (Lipinski definition) is 6. The van der Waals surface area contributed by atoms with Crippen LogP contribution < -0.4 is 14.8 Å². The number of hydrogen-bond donors (Lipinski definition) is 1. The van der Waals surface area contributed by atoms with E-state index < -0.39 is 11.5 Å². The summed E-state index contributed by atoms with van der Waals surface area (Å²) >= 11 is 6.17. The van der Waals surface area contributed by atoms with Gasteiger partial charge >= 0.3 is 5.97 Å². The molecule has 2 aliphatic rings. The average Bonchev–Trinajstić information content (AvgIpc) is 2.85. The van der Waals surface area contributed by atoms with Gasteiger partial charge in [-0.3, -0.25) is 9.59 Å². The SMILES string of the molecule is CCOC(=O)C1(Cc2ccc(F)cc2)CCN(C(=O)C2CNc3cc(Cl)c(OC)cc3O2)CC1. The van der Waals surface area contributed by atoms with Gasteiger partial charge in [0.25, 0.3) is 5.91 Å². The molecule has 182 valence electrons. The van der Waals surface area contributed by atoms with Crippen LogP contribution in [0, 0.1) is 11.2 Å². The van der Waals surface area contributed by atoms with Crippen LogP contribution in [-0.4, -0.2) is 56.2 Å². The zero-order valence-electron chi connectivity index (χ0n) is 19.2. The van der Waals surface area contributed by atoms with Gasteiger partial charge in [-0.2, -0.15) is 0 Å². The third-order valence-electron chi connectivity index (χ3n) is 6.47. The molecule has 1 unspecified atom stereocenters. The summed E-state index contributed by atoms with van der Waals surface area (Å²) < 4.78 is 29.9. The number of amides is 1. The molecule has 2 aromatic rings. The van der Waals surface area contributed by atoms with E-state index in [2.05, 4.69) is 5.32 Å². The van der Waals surface area contributed by atoms with Crippen molar-refractivity contribution >= 4 is 29.2 Å².